The van der Waals surface area contributed by atoms with Gasteiger partial charge in [-0.3, -0.25) is 4.21 Å². The first-order valence-electron chi connectivity index (χ1n) is 10.5. The summed E-state index contributed by atoms with van der Waals surface area (Å²) < 4.78 is 51.2. The van der Waals surface area contributed by atoms with Crippen LogP contribution in [0, 0.1) is 0 Å². The normalized spacial score (nSPS) is 25.0. The molecule has 6 rings (SSSR count). The highest BCUT2D eigenvalue weighted by Crippen LogP contribution is 2.43. The largest absolute Gasteiger partial charge is 0.483 e. The Labute approximate surface area is 203 Å². The molecule has 0 spiro atoms. The number of fused-ring (bicyclic) bond motifs is 3. The molecule has 5 nitrogen and oxygen atoms in total. The molecule has 3 atom stereocenters. The highest BCUT2D eigenvalue weighted by atomic mass is 32.2. The first-order valence-corrected chi connectivity index (χ1v) is 15.5. The zero-order chi connectivity index (χ0) is 22.6. The van der Waals surface area contributed by atoms with Gasteiger partial charge in [0, 0.05) is 21.3 Å². The fourth-order valence-electron chi connectivity index (χ4n) is 4.29. The second kappa shape index (κ2) is 8.37. The first kappa shape index (κ1) is 21.6. The molecule has 0 aliphatic carbocycles. The van der Waals surface area contributed by atoms with E-state index in [0.29, 0.717) is 22.1 Å². The molecule has 0 amide bonds. The second-order valence-corrected chi connectivity index (χ2v) is 13.8. The smallest absolute Gasteiger partial charge is 0.186 e. The topological polar surface area (TPSA) is 69.7 Å². The summed E-state index contributed by atoms with van der Waals surface area (Å²) in [6, 6.07) is 18.5. The Morgan fingerprint density at radius 3 is 2.42 bits per heavy atom. The minimum Gasteiger partial charge on any atom is -0.483 e. The monoisotopic (exact) mass is 516 g/mol. The Kier molecular flexibility index (Phi) is 5.48. The van der Waals surface area contributed by atoms with Crippen LogP contribution in [0.5, 0.6) is 11.5 Å². The van der Waals surface area contributed by atoms with E-state index in [1.165, 1.54) is 9.79 Å². The molecule has 3 heterocycles. The van der Waals surface area contributed by atoms with Gasteiger partial charge in [0.2, 0.25) is 0 Å². The van der Waals surface area contributed by atoms with Crippen LogP contribution in [-0.2, 0) is 20.6 Å². The predicted molar refractivity (Wildman–Crippen MR) is 131 cm³/mol. The summed E-state index contributed by atoms with van der Waals surface area (Å²) in [5.41, 5.74) is 1.62. The third-order valence-corrected chi connectivity index (χ3v) is 11.6. The molecule has 0 bridgehead atoms. The summed E-state index contributed by atoms with van der Waals surface area (Å²) in [6.45, 7) is 0. The van der Waals surface area contributed by atoms with Crippen LogP contribution in [0.15, 0.2) is 80.2 Å². The molecule has 33 heavy (non-hydrogen) atoms. The lowest BCUT2D eigenvalue weighted by atomic mass is 10.1. The number of ether oxygens (including phenoxy) is 2. The van der Waals surface area contributed by atoms with Crippen LogP contribution in [0.3, 0.4) is 0 Å². The predicted octanol–water partition coefficient (Wildman–Crippen LogP) is 5.03. The molecule has 0 saturated heterocycles. The highest BCUT2D eigenvalue weighted by Gasteiger charge is 2.35. The van der Waals surface area contributed by atoms with E-state index in [2.05, 4.69) is 12.1 Å². The second-order valence-electron chi connectivity index (χ2n) is 8.06. The van der Waals surface area contributed by atoms with Gasteiger partial charge in [0.05, 0.1) is 27.2 Å². The van der Waals surface area contributed by atoms with E-state index in [9.17, 15) is 12.6 Å². The van der Waals surface area contributed by atoms with Crippen molar-refractivity contribution in [3.05, 3.63) is 71.8 Å². The zero-order valence-corrected chi connectivity index (χ0v) is 20.7. The number of hydrogen-bond acceptors (Lipinski definition) is 7. The Bertz CT molecular complexity index is 1390. The summed E-state index contributed by atoms with van der Waals surface area (Å²) in [6.07, 6.45) is -1.01. The average molecular weight is 517 g/mol. The molecule has 3 unspecified atom stereocenters. The van der Waals surface area contributed by atoms with Crippen LogP contribution in [0.4, 0.5) is 0 Å². The molecular weight excluding hydrogens is 497 g/mol. The van der Waals surface area contributed by atoms with E-state index in [0.717, 1.165) is 22.6 Å². The summed E-state index contributed by atoms with van der Waals surface area (Å²) in [4.78, 5) is 3.30. The molecule has 0 N–H and O–H groups in total. The zero-order valence-electron chi connectivity index (χ0n) is 17.4. The van der Waals surface area contributed by atoms with Crippen molar-refractivity contribution in [3.63, 3.8) is 0 Å². The van der Waals surface area contributed by atoms with Crippen molar-refractivity contribution < 1.29 is 22.1 Å². The van der Waals surface area contributed by atoms with Crippen LogP contribution >= 0.6 is 23.5 Å². The van der Waals surface area contributed by atoms with Gasteiger partial charge in [0.25, 0.3) is 0 Å². The van der Waals surface area contributed by atoms with E-state index in [1.54, 1.807) is 36.0 Å². The maximum Gasteiger partial charge on any atom is 0.186 e. The van der Waals surface area contributed by atoms with E-state index >= 15 is 0 Å². The lowest BCUT2D eigenvalue weighted by molar-refractivity contribution is 0.205. The Hall–Kier alpha value is -1.94. The van der Waals surface area contributed by atoms with Gasteiger partial charge in [0.1, 0.15) is 28.6 Å². The Balaban J connectivity index is 1.33. The van der Waals surface area contributed by atoms with Crippen molar-refractivity contribution in [3.8, 4) is 11.5 Å². The molecule has 0 fully saturated rings. The Morgan fingerprint density at radius 1 is 0.818 bits per heavy atom. The van der Waals surface area contributed by atoms with E-state index < -0.39 is 32.8 Å². The van der Waals surface area contributed by atoms with Crippen molar-refractivity contribution >= 4 is 44.2 Å². The molecule has 3 aromatic rings. The number of benzene rings is 3. The first-order chi connectivity index (χ1) is 16.0. The average Bonchev–Trinajstić information content (AvgIpc) is 2.83. The maximum absolute atomic E-state index is 13.1. The van der Waals surface area contributed by atoms with Crippen LogP contribution in [-0.4, -0.2) is 35.6 Å². The van der Waals surface area contributed by atoms with Crippen molar-refractivity contribution in [2.75, 3.05) is 23.0 Å². The quantitative estimate of drug-likeness (QED) is 0.473. The molecule has 0 radical (unpaired) electrons. The molecule has 3 aliphatic heterocycles. The van der Waals surface area contributed by atoms with E-state index in [1.807, 2.05) is 36.0 Å². The number of sulfone groups is 1. The standard InChI is InChI=1S/C24H20O5S4/c25-32-13-19(28-17-3-1-2-4-23(17)32)15-6-8-24-18(11-15)29-20(14-33(24,26)27)16-5-7-21-22(12-16)31-10-9-30-21/h1-8,11-12,19-20H,9-10,13-14H2. The van der Waals surface area contributed by atoms with Crippen molar-refractivity contribution in [2.45, 2.75) is 31.8 Å². The van der Waals surface area contributed by atoms with Gasteiger partial charge in [-0.1, -0.05) is 24.3 Å². The number of thioether (sulfide) groups is 2. The number of rotatable bonds is 2. The molecular formula is C24H20O5S4. The summed E-state index contributed by atoms with van der Waals surface area (Å²) in [5.74, 6) is 3.28. The fourth-order valence-corrected chi connectivity index (χ4v) is 9.36. The highest BCUT2D eigenvalue weighted by molar-refractivity contribution is 8.05. The third kappa shape index (κ3) is 3.99. The van der Waals surface area contributed by atoms with Gasteiger partial charge in [-0.05, 0) is 47.5 Å². The molecule has 0 aromatic heterocycles. The van der Waals surface area contributed by atoms with Crippen LogP contribution in [0.1, 0.15) is 23.3 Å². The van der Waals surface area contributed by atoms with Crippen LogP contribution in [0.25, 0.3) is 0 Å². The minimum absolute atomic E-state index is 0.0900. The van der Waals surface area contributed by atoms with Gasteiger partial charge >= 0.3 is 0 Å². The number of para-hydroxylation sites is 1. The van der Waals surface area contributed by atoms with Crippen molar-refractivity contribution in [1.29, 1.82) is 0 Å². The lowest BCUT2D eigenvalue weighted by Crippen LogP contribution is -2.27. The summed E-state index contributed by atoms with van der Waals surface area (Å²) >= 11 is 3.62. The van der Waals surface area contributed by atoms with E-state index in [-0.39, 0.29) is 10.6 Å². The molecule has 9 heteroatoms. The minimum atomic E-state index is -3.51. The van der Waals surface area contributed by atoms with Gasteiger partial charge in [0.15, 0.2) is 9.84 Å². The van der Waals surface area contributed by atoms with Crippen LogP contribution in [0.2, 0.25) is 0 Å². The van der Waals surface area contributed by atoms with E-state index in [4.69, 9.17) is 9.47 Å². The summed E-state index contributed by atoms with van der Waals surface area (Å²) in [5, 5.41) is 0. The van der Waals surface area contributed by atoms with Crippen LogP contribution < -0.4 is 9.47 Å². The fraction of sp³-hybridized carbons (Fsp3) is 0.250. The third-order valence-electron chi connectivity index (χ3n) is 5.92. The molecule has 170 valence electrons. The molecule has 3 aliphatic rings. The van der Waals surface area contributed by atoms with Gasteiger partial charge in [-0.25, -0.2) is 8.42 Å². The van der Waals surface area contributed by atoms with Gasteiger partial charge in [-0.15, -0.1) is 23.5 Å². The number of hydrogen-bond donors (Lipinski definition) is 0. The maximum atomic E-state index is 13.1. The SMILES string of the molecule is O=S1CC(c2ccc3c(c2)OC(c2ccc4c(c2)SCCS4)CS3(=O)=O)Oc2ccccc21. The van der Waals surface area contributed by atoms with Gasteiger partial charge in [-0.2, -0.15) is 0 Å². The summed E-state index contributed by atoms with van der Waals surface area (Å²) in [7, 11) is -4.69. The van der Waals surface area contributed by atoms with Crippen molar-refractivity contribution in [1.82, 2.24) is 0 Å². The van der Waals surface area contributed by atoms with Gasteiger partial charge < -0.3 is 9.47 Å². The van der Waals surface area contributed by atoms with Crippen molar-refractivity contribution in [2.24, 2.45) is 0 Å². The lowest BCUT2D eigenvalue weighted by Gasteiger charge is -2.29. The molecule has 3 aromatic carbocycles. The Morgan fingerprint density at radius 2 is 1.55 bits per heavy atom. The molecule has 0 saturated carbocycles.